The lowest BCUT2D eigenvalue weighted by molar-refractivity contribution is -0.117. The predicted molar refractivity (Wildman–Crippen MR) is 91.0 cm³/mol. The Morgan fingerprint density at radius 1 is 1.35 bits per heavy atom. The number of nitrogens with one attached hydrogen (secondary N) is 1. The van der Waals surface area contributed by atoms with Gasteiger partial charge in [0.1, 0.15) is 11.6 Å². The Labute approximate surface area is 139 Å². The van der Waals surface area contributed by atoms with Gasteiger partial charge in [-0.15, -0.1) is 0 Å². The predicted octanol–water partition coefficient (Wildman–Crippen LogP) is 2.72. The highest BCUT2D eigenvalue weighted by Crippen LogP contribution is 2.07. The summed E-state index contributed by atoms with van der Waals surface area (Å²) in [5.41, 5.74) is 1.04. The Bertz CT molecular complexity index is 548. The third kappa shape index (κ3) is 7.46. The quantitative estimate of drug-likeness (QED) is 0.592. The number of hydrogen-bond donors (Lipinski definition) is 1. The van der Waals surface area contributed by atoms with Crippen LogP contribution in [0.4, 0.5) is 0 Å². The fourth-order valence-electron chi connectivity index (χ4n) is 2.22. The SMILES string of the molecule is CC(C)CN(/C=C(/C#N)C(=O)NCc1cccnc1)CC(C)C. The summed E-state index contributed by atoms with van der Waals surface area (Å²) in [5.74, 6) is 0.570. The van der Waals surface area contributed by atoms with Gasteiger partial charge in [-0.05, 0) is 23.5 Å². The highest BCUT2D eigenvalue weighted by atomic mass is 16.1. The van der Waals surface area contributed by atoms with Crippen LogP contribution < -0.4 is 5.32 Å². The van der Waals surface area contributed by atoms with E-state index < -0.39 is 0 Å². The molecule has 0 radical (unpaired) electrons. The van der Waals surface area contributed by atoms with Crippen LogP contribution in [0.25, 0.3) is 0 Å². The van der Waals surface area contributed by atoms with Gasteiger partial charge in [0.15, 0.2) is 0 Å². The molecule has 0 aliphatic carbocycles. The largest absolute Gasteiger partial charge is 0.376 e. The van der Waals surface area contributed by atoms with Crippen LogP contribution in [0, 0.1) is 23.2 Å². The first-order chi connectivity index (χ1) is 10.9. The van der Waals surface area contributed by atoms with E-state index in [4.69, 9.17) is 0 Å². The van der Waals surface area contributed by atoms with E-state index in [1.54, 1.807) is 18.6 Å². The zero-order chi connectivity index (χ0) is 17.2. The minimum Gasteiger partial charge on any atom is -0.376 e. The van der Waals surface area contributed by atoms with Gasteiger partial charge >= 0.3 is 0 Å². The van der Waals surface area contributed by atoms with Gasteiger partial charge in [-0.2, -0.15) is 5.26 Å². The maximum absolute atomic E-state index is 12.2. The molecule has 1 amide bonds. The lowest BCUT2D eigenvalue weighted by Gasteiger charge is -2.25. The fourth-order valence-corrected chi connectivity index (χ4v) is 2.22. The number of nitriles is 1. The molecule has 0 saturated carbocycles. The summed E-state index contributed by atoms with van der Waals surface area (Å²) < 4.78 is 0. The molecule has 0 bridgehead atoms. The van der Waals surface area contributed by atoms with E-state index in [0.29, 0.717) is 18.4 Å². The Hall–Kier alpha value is -2.35. The zero-order valence-corrected chi connectivity index (χ0v) is 14.4. The molecule has 0 aliphatic rings. The molecule has 0 unspecified atom stereocenters. The molecule has 1 N–H and O–H groups in total. The van der Waals surface area contributed by atoms with E-state index >= 15 is 0 Å². The average Bonchev–Trinajstić information content (AvgIpc) is 2.50. The van der Waals surface area contributed by atoms with Crippen molar-refractivity contribution in [2.45, 2.75) is 34.2 Å². The topological polar surface area (TPSA) is 69.0 Å². The first-order valence-corrected chi connectivity index (χ1v) is 7.95. The van der Waals surface area contributed by atoms with Crippen molar-refractivity contribution in [3.8, 4) is 6.07 Å². The van der Waals surface area contributed by atoms with Crippen LogP contribution in [0.3, 0.4) is 0 Å². The summed E-state index contributed by atoms with van der Waals surface area (Å²) in [7, 11) is 0. The van der Waals surface area contributed by atoms with Crippen LogP contribution in [-0.4, -0.2) is 28.9 Å². The van der Waals surface area contributed by atoms with Crippen LogP contribution in [0.5, 0.6) is 0 Å². The minimum absolute atomic E-state index is 0.134. The Balaban J connectivity index is 2.74. The fraction of sp³-hybridized carbons (Fsp3) is 0.500. The van der Waals surface area contributed by atoms with Crippen LogP contribution in [-0.2, 0) is 11.3 Å². The summed E-state index contributed by atoms with van der Waals surface area (Å²) in [4.78, 5) is 18.3. The van der Waals surface area contributed by atoms with Crippen molar-refractivity contribution >= 4 is 5.91 Å². The highest BCUT2D eigenvalue weighted by molar-refractivity contribution is 5.97. The smallest absolute Gasteiger partial charge is 0.263 e. The lowest BCUT2D eigenvalue weighted by atomic mass is 10.1. The van der Waals surface area contributed by atoms with Crippen LogP contribution in [0.1, 0.15) is 33.3 Å². The second kappa shape index (κ2) is 9.62. The second-order valence-corrected chi connectivity index (χ2v) is 6.44. The van der Waals surface area contributed by atoms with Gasteiger partial charge in [0.2, 0.25) is 0 Å². The number of nitrogens with zero attached hydrogens (tertiary/aromatic N) is 3. The number of hydrogen-bond acceptors (Lipinski definition) is 4. The maximum Gasteiger partial charge on any atom is 0.263 e. The molecule has 5 heteroatoms. The average molecular weight is 314 g/mol. The Kier molecular flexibility index (Phi) is 7.82. The molecule has 0 aliphatic heterocycles. The van der Waals surface area contributed by atoms with E-state index in [1.807, 2.05) is 18.2 Å². The number of amides is 1. The number of pyridine rings is 1. The molecule has 124 valence electrons. The number of rotatable bonds is 8. The third-order valence-corrected chi connectivity index (χ3v) is 3.05. The van der Waals surface area contributed by atoms with Crippen molar-refractivity contribution in [1.82, 2.24) is 15.2 Å². The molecular formula is C18H26N4O. The summed E-state index contributed by atoms with van der Waals surface area (Å²) in [6.07, 6.45) is 5.06. The molecule has 0 aromatic carbocycles. The number of carbonyl (C=O) groups excluding carboxylic acids is 1. The number of aromatic nitrogens is 1. The van der Waals surface area contributed by atoms with Crippen molar-refractivity contribution in [3.05, 3.63) is 41.9 Å². The van der Waals surface area contributed by atoms with Gasteiger partial charge in [-0.3, -0.25) is 9.78 Å². The van der Waals surface area contributed by atoms with Crippen molar-refractivity contribution in [2.24, 2.45) is 11.8 Å². The first-order valence-electron chi connectivity index (χ1n) is 7.95. The molecule has 0 atom stereocenters. The van der Waals surface area contributed by atoms with Gasteiger partial charge in [0.05, 0.1) is 0 Å². The van der Waals surface area contributed by atoms with E-state index in [9.17, 15) is 10.1 Å². The standard InChI is InChI=1S/C18H26N4O/c1-14(2)11-22(12-15(3)4)13-17(8-19)18(23)21-10-16-6-5-7-20-9-16/h5-7,9,13-15H,10-12H2,1-4H3,(H,21,23)/b17-13-. The summed E-state index contributed by atoms with van der Waals surface area (Å²) in [6, 6.07) is 5.70. The molecule has 0 saturated heterocycles. The van der Waals surface area contributed by atoms with Crippen LogP contribution in [0.15, 0.2) is 36.3 Å². The van der Waals surface area contributed by atoms with Crippen molar-refractivity contribution in [2.75, 3.05) is 13.1 Å². The zero-order valence-electron chi connectivity index (χ0n) is 14.4. The summed E-state index contributed by atoms with van der Waals surface area (Å²) in [5, 5.41) is 12.1. The molecule has 5 nitrogen and oxygen atoms in total. The maximum atomic E-state index is 12.2. The van der Waals surface area contributed by atoms with E-state index in [1.165, 1.54) is 0 Å². The van der Waals surface area contributed by atoms with Crippen molar-refractivity contribution < 1.29 is 4.79 Å². The van der Waals surface area contributed by atoms with E-state index in [0.717, 1.165) is 18.7 Å². The van der Waals surface area contributed by atoms with Crippen LogP contribution in [0.2, 0.25) is 0 Å². The van der Waals surface area contributed by atoms with Gasteiger partial charge in [-0.25, -0.2) is 0 Å². The summed E-state index contributed by atoms with van der Waals surface area (Å²) in [6.45, 7) is 10.5. The monoisotopic (exact) mass is 314 g/mol. The van der Waals surface area contributed by atoms with Crippen LogP contribution >= 0.6 is 0 Å². The molecule has 1 heterocycles. The minimum atomic E-state index is -0.353. The molecular weight excluding hydrogens is 288 g/mol. The Morgan fingerprint density at radius 3 is 2.48 bits per heavy atom. The van der Waals surface area contributed by atoms with Gasteiger partial charge in [-0.1, -0.05) is 33.8 Å². The molecule has 1 rings (SSSR count). The molecule has 23 heavy (non-hydrogen) atoms. The van der Waals surface area contributed by atoms with E-state index in [-0.39, 0.29) is 11.5 Å². The van der Waals surface area contributed by atoms with Gasteiger partial charge < -0.3 is 10.2 Å². The number of carbonyl (C=O) groups is 1. The first kappa shape index (κ1) is 18.7. The Morgan fingerprint density at radius 2 is 2.00 bits per heavy atom. The highest BCUT2D eigenvalue weighted by Gasteiger charge is 2.13. The van der Waals surface area contributed by atoms with Gasteiger partial charge in [0.25, 0.3) is 5.91 Å². The molecule has 1 aromatic heterocycles. The third-order valence-electron chi connectivity index (χ3n) is 3.05. The molecule has 0 spiro atoms. The van der Waals surface area contributed by atoms with E-state index in [2.05, 4.69) is 42.9 Å². The molecule has 1 aromatic rings. The van der Waals surface area contributed by atoms with Crippen molar-refractivity contribution in [1.29, 1.82) is 5.26 Å². The molecule has 0 fully saturated rings. The summed E-state index contributed by atoms with van der Waals surface area (Å²) >= 11 is 0. The van der Waals surface area contributed by atoms with Crippen molar-refractivity contribution in [3.63, 3.8) is 0 Å². The normalized spacial score (nSPS) is 11.4. The second-order valence-electron chi connectivity index (χ2n) is 6.44. The van der Waals surface area contributed by atoms with Gasteiger partial charge in [0, 0.05) is 38.2 Å². The lowest BCUT2D eigenvalue weighted by Crippen LogP contribution is -2.30.